The first-order valence-corrected chi connectivity index (χ1v) is 37.9. The molecule has 2 saturated heterocycles. The maximum absolute atomic E-state index is 15.3. The molecule has 35 nitrogen and oxygen atoms in total. The molecule has 42 heteroatoms. The standard InChI is InChI=1S/C48H78O35S7/c1-9-10-11-12-21-72-42(50)45(5)18-17-44(4)19-20-47(7)26(27(44)23-45)22-28(49)39-46(6)15-14-32(43(2,3)31(46)13-16-48(39,47)8)77-40-37(82-89(66,67)68)35(80-87(60,61)62)33(29(75-40)24-73-84(51,52)53)78-41-38(83-90(69,70)71)36(81-88(63,64)65)34(79-86(57,58)59)30(76-41)25-74-85(54,55)56/h22,27,29-41H,9-21,23-25H2,1-8H3,(H,51,52,53)(H,54,55,56)(H,57,58,59)(H,60,61,62)(H,63,64,65)(H,66,67,68)(H,69,70,71)/t27-,29+,30+,31-,32-,33+,34-,35-,36-,37+,38+,39+,40-,41-,44+,45-,46-,47+,48+/m0/s1. The van der Waals surface area contributed by atoms with Crippen molar-refractivity contribution < 1.29 is 153 Å². The van der Waals surface area contributed by atoms with Crippen LogP contribution in [0.2, 0.25) is 0 Å². The lowest BCUT2D eigenvalue weighted by Crippen LogP contribution is -2.68. The smallest absolute Gasteiger partial charge is 0.397 e. The van der Waals surface area contributed by atoms with Crippen LogP contribution in [0.25, 0.3) is 0 Å². The number of hydrogen-bond donors (Lipinski definition) is 7. The summed E-state index contributed by atoms with van der Waals surface area (Å²) in [5, 5.41) is 0. The van der Waals surface area contributed by atoms with Crippen molar-refractivity contribution in [3.63, 3.8) is 0 Å². The van der Waals surface area contributed by atoms with Gasteiger partial charge in [-0.2, -0.15) is 58.9 Å². The van der Waals surface area contributed by atoms with Gasteiger partial charge in [0, 0.05) is 5.92 Å². The second kappa shape index (κ2) is 26.3. The first-order chi connectivity index (χ1) is 40.8. The van der Waals surface area contributed by atoms with Gasteiger partial charge in [-0.3, -0.25) is 41.5 Å². The fourth-order valence-electron chi connectivity index (χ4n) is 15.7. The third-order valence-electron chi connectivity index (χ3n) is 19.9. The molecule has 0 unspecified atom stereocenters. The number of esters is 1. The van der Waals surface area contributed by atoms with E-state index in [9.17, 15) is 95.6 Å². The predicted octanol–water partition coefficient (Wildman–Crippen LogP) is 2.89. The molecule has 19 atom stereocenters. The molecule has 0 bridgehead atoms. The van der Waals surface area contributed by atoms with Crippen LogP contribution in [0, 0.1) is 50.2 Å². The number of carbonyl (C=O) groups is 2. The zero-order valence-corrected chi connectivity index (χ0v) is 55.6. The van der Waals surface area contributed by atoms with Crippen LogP contribution < -0.4 is 0 Å². The molecule has 5 aliphatic carbocycles. The van der Waals surface area contributed by atoms with Crippen molar-refractivity contribution in [2.75, 3.05) is 19.8 Å². The van der Waals surface area contributed by atoms with E-state index in [1.807, 2.05) is 13.8 Å². The molecule has 2 heterocycles. The highest BCUT2D eigenvalue weighted by molar-refractivity contribution is 7.82. The molecule has 7 N–H and O–H groups in total. The summed E-state index contributed by atoms with van der Waals surface area (Å²) in [6.45, 7) is 12.6. The van der Waals surface area contributed by atoms with E-state index < -0.39 is 192 Å². The Kier molecular flexibility index (Phi) is 22.0. The minimum Gasteiger partial charge on any atom is -0.465 e. The van der Waals surface area contributed by atoms with Crippen LogP contribution in [-0.4, -0.2) is 190 Å². The van der Waals surface area contributed by atoms with E-state index in [2.05, 4.69) is 48.6 Å². The number of hydrogen-bond acceptors (Lipinski definition) is 28. The largest absolute Gasteiger partial charge is 0.465 e. The molecule has 7 rings (SSSR count). The topological polar surface area (TPSA) is 525 Å². The van der Waals surface area contributed by atoms with Gasteiger partial charge >= 0.3 is 78.8 Å². The first-order valence-electron chi connectivity index (χ1n) is 28.3. The molecule has 90 heavy (non-hydrogen) atoms. The monoisotopic (exact) mass is 1440 g/mol. The minimum absolute atomic E-state index is 0.0688. The maximum Gasteiger partial charge on any atom is 0.397 e. The summed E-state index contributed by atoms with van der Waals surface area (Å²) < 4.78 is 302. The quantitative estimate of drug-likeness (QED) is 0.0283. The molecule has 4 saturated carbocycles. The molecular formula is C48H78O35S7. The number of unbranched alkanes of at least 4 members (excludes halogenated alkanes) is 3. The number of rotatable bonds is 26. The van der Waals surface area contributed by atoms with Gasteiger partial charge in [0.05, 0.1) is 31.3 Å². The van der Waals surface area contributed by atoms with Crippen molar-refractivity contribution in [3.05, 3.63) is 11.6 Å². The van der Waals surface area contributed by atoms with Gasteiger partial charge in [-0.1, -0.05) is 73.3 Å². The van der Waals surface area contributed by atoms with Crippen molar-refractivity contribution in [2.45, 2.75) is 206 Å². The average molecular weight is 1440 g/mol. The molecule has 2 aliphatic heterocycles. The number of ketones is 1. The normalized spacial score (nSPS) is 39.5. The molecule has 0 amide bonds. The lowest BCUT2D eigenvalue weighted by atomic mass is 9.33. The molecule has 0 spiro atoms. The highest BCUT2D eigenvalue weighted by atomic mass is 32.3. The lowest BCUT2D eigenvalue weighted by Gasteiger charge is -2.70. The van der Waals surface area contributed by atoms with Crippen molar-refractivity contribution in [2.24, 2.45) is 50.2 Å². The van der Waals surface area contributed by atoms with Crippen LogP contribution in [0.1, 0.15) is 139 Å². The summed E-state index contributed by atoms with van der Waals surface area (Å²) in [6, 6.07) is 0. The van der Waals surface area contributed by atoms with Crippen LogP contribution in [0.5, 0.6) is 0 Å². The van der Waals surface area contributed by atoms with Gasteiger partial charge in [-0.05, 0) is 116 Å². The number of ether oxygens (including phenoxy) is 5. The van der Waals surface area contributed by atoms with Crippen LogP contribution >= 0.6 is 0 Å². The Hall–Kier alpha value is -2.19. The fraction of sp³-hybridized carbons (Fsp3) is 0.917. The average Bonchev–Trinajstić information content (AvgIpc) is 0.702. The number of fused-ring (bicyclic) bond motifs is 7. The fourth-order valence-corrected chi connectivity index (χ4v) is 18.8. The van der Waals surface area contributed by atoms with Gasteiger partial charge in [0.15, 0.2) is 30.6 Å². The van der Waals surface area contributed by atoms with Gasteiger partial charge in [0.25, 0.3) is 0 Å². The highest BCUT2D eigenvalue weighted by Gasteiger charge is 2.71. The Morgan fingerprint density at radius 1 is 0.544 bits per heavy atom. The second-order valence-corrected chi connectivity index (χ2v) is 33.4. The summed E-state index contributed by atoms with van der Waals surface area (Å²) in [5.41, 5.74) is -3.35. The molecule has 7 aliphatic rings. The molecule has 6 fully saturated rings. The molecule has 522 valence electrons. The number of carbonyl (C=O) groups excluding carboxylic acids is 2. The van der Waals surface area contributed by atoms with E-state index in [0.717, 1.165) is 50.5 Å². The Morgan fingerprint density at radius 3 is 1.51 bits per heavy atom. The van der Waals surface area contributed by atoms with Gasteiger partial charge in [-0.25, -0.2) is 29.3 Å². The van der Waals surface area contributed by atoms with Crippen LogP contribution in [0.3, 0.4) is 0 Å². The lowest BCUT2D eigenvalue weighted by molar-refractivity contribution is -0.358. The van der Waals surface area contributed by atoms with Crippen molar-refractivity contribution in [1.82, 2.24) is 0 Å². The minimum atomic E-state index is -6.19. The summed E-state index contributed by atoms with van der Waals surface area (Å²) in [5.74, 6) is -1.70. The van der Waals surface area contributed by atoms with E-state index in [1.165, 1.54) is 0 Å². The van der Waals surface area contributed by atoms with Crippen molar-refractivity contribution in [3.8, 4) is 0 Å². The van der Waals surface area contributed by atoms with E-state index in [4.69, 9.17) is 32.1 Å². The van der Waals surface area contributed by atoms with E-state index in [1.54, 1.807) is 19.9 Å². The zero-order chi connectivity index (χ0) is 67.8. The van der Waals surface area contributed by atoms with Crippen LogP contribution in [-0.2, 0) is 135 Å². The van der Waals surface area contributed by atoms with Gasteiger partial charge in [-0.15, -0.1) is 0 Å². The van der Waals surface area contributed by atoms with E-state index >= 15 is 4.79 Å². The SMILES string of the molecule is CCCCCCOC(=O)[C@@]1(C)CC[C@]2(C)CC[C@]3(C)C(=CC(=O)[C@@H]4[C@@]5(C)CC[C@H](O[C@@H]6O[C@H](COS(=O)(=O)O)[C@@H](O[C@@H]7O[C@H](COS(=O)(=O)O)[C@H](OS(=O)(=O)O)[C@H](OS(=O)(=O)O)[C@H]7OS(=O)(=O)O)[C@H](OS(=O)(=O)O)[C@H]6OS(=O)(=O)O)C(C)(C)[C@@H]5CC[C@]43C)[C@@H]2C1. The highest BCUT2D eigenvalue weighted by Crippen LogP contribution is 2.75. The molecule has 0 aromatic carbocycles. The predicted molar refractivity (Wildman–Crippen MR) is 299 cm³/mol. The second-order valence-electron chi connectivity index (χ2n) is 26.0. The Balaban J connectivity index is 1.27. The Morgan fingerprint density at radius 2 is 1.01 bits per heavy atom. The first kappa shape index (κ1) is 75.2. The van der Waals surface area contributed by atoms with Gasteiger partial charge in [0.2, 0.25) is 0 Å². The summed E-state index contributed by atoms with van der Waals surface area (Å²) in [7, 11) is -42.0. The Labute approximate surface area is 523 Å². The van der Waals surface area contributed by atoms with Gasteiger partial charge < -0.3 is 23.7 Å². The van der Waals surface area contributed by atoms with Crippen molar-refractivity contribution in [1.29, 1.82) is 0 Å². The summed E-state index contributed by atoms with van der Waals surface area (Å²) >= 11 is 0. The van der Waals surface area contributed by atoms with Crippen LogP contribution in [0.15, 0.2) is 11.6 Å². The summed E-state index contributed by atoms with van der Waals surface area (Å²) in [6.07, 6.45) is -21.4. The summed E-state index contributed by atoms with van der Waals surface area (Å²) in [4.78, 5) is 29.2. The van der Waals surface area contributed by atoms with E-state index in [0.29, 0.717) is 32.3 Å². The zero-order valence-electron chi connectivity index (χ0n) is 49.9. The van der Waals surface area contributed by atoms with Crippen LogP contribution in [0.4, 0.5) is 0 Å². The molecule has 0 aromatic heterocycles. The maximum atomic E-state index is 15.3. The third-order valence-corrected chi connectivity index (χ3v) is 23.1. The molecular weight excluding hydrogens is 1360 g/mol. The van der Waals surface area contributed by atoms with Crippen molar-refractivity contribution >= 4 is 84.5 Å². The van der Waals surface area contributed by atoms with E-state index in [-0.39, 0.29) is 35.9 Å². The molecule has 0 radical (unpaired) electrons. The Bertz CT molecular complexity index is 3540. The third kappa shape index (κ3) is 17.1. The number of allylic oxidation sites excluding steroid dienone is 2. The molecule has 0 aromatic rings. The van der Waals surface area contributed by atoms with Gasteiger partial charge in [0.1, 0.15) is 36.6 Å².